The third-order valence-electron chi connectivity index (χ3n) is 9.71. The molecule has 3 aromatic rings. The van der Waals surface area contributed by atoms with Gasteiger partial charge in [-0.15, -0.1) is 0 Å². The van der Waals surface area contributed by atoms with Gasteiger partial charge in [-0.1, -0.05) is 77.5 Å². The Bertz CT molecular complexity index is 1320. The molecule has 42 heavy (non-hydrogen) atoms. The summed E-state index contributed by atoms with van der Waals surface area (Å²) in [6.07, 6.45) is 17.5. The zero-order valence-electron chi connectivity index (χ0n) is 26.5. The molecular weight excluding hydrogens is 514 g/mol. The second-order valence-electron chi connectivity index (χ2n) is 12.6. The number of nitrogens with zero attached hydrogens (tertiary/aromatic N) is 2. The maximum absolute atomic E-state index is 13.5. The van der Waals surface area contributed by atoms with E-state index in [1.165, 1.54) is 55.3 Å². The first-order chi connectivity index (χ1) is 20.5. The van der Waals surface area contributed by atoms with Crippen LogP contribution in [0.25, 0.3) is 11.4 Å². The first-order valence-electron chi connectivity index (χ1n) is 16.7. The molecule has 224 valence electrons. The van der Waals surface area contributed by atoms with Crippen LogP contribution in [0.5, 0.6) is 0 Å². The Labute approximate surface area is 254 Å². The third kappa shape index (κ3) is 8.21. The SMILES string of the molecule is CCCC(CCCCCC(=O)c1cc(-c2ncc(CCC(CC)CC)[nH]2)c(C2CCC2)cc1C)c1ccc(C#N)cc1. The van der Waals surface area contributed by atoms with Crippen molar-refractivity contribution in [1.29, 1.82) is 5.26 Å². The van der Waals surface area contributed by atoms with Gasteiger partial charge >= 0.3 is 0 Å². The molecule has 1 aliphatic rings. The minimum atomic E-state index is 0.256. The summed E-state index contributed by atoms with van der Waals surface area (Å²) in [6.45, 7) is 8.90. The first-order valence-corrected chi connectivity index (χ1v) is 16.7. The molecule has 0 amide bonds. The Morgan fingerprint density at radius 1 is 1.02 bits per heavy atom. The molecule has 4 rings (SSSR count). The number of benzene rings is 2. The molecule has 1 aromatic heterocycles. The van der Waals surface area contributed by atoms with Crippen LogP contribution in [-0.4, -0.2) is 15.8 Å². The molecule has 4 heteroatoms. The lowest BCUT2D eigenvalue weighted by molar-refractivity contribution is 0.0978. The lowest BCUT2D eigenvalue weighted by Gasteiger charge is -2.28. The van der Waals surface area contributed by atoms with E-state index in [9.17, 15) is 4.79 Å². The summed E-state index contributed by atoms with van der Waals surface area (Å²) >= 11 is 0. The number of aryl methyl sites for hydroxylation is 2. The Morgan fingerprint density at radius 3 is 2.43 bits per heavy atom. The normalized spacial score (nSPS) is 14.1. The van der Waals surface area contributed by atoms with Crippen LogP contribution in [-0.2, 0) is 6.42 Å². The van der Waals surface area contributed by atoms with Crippen molar-refractivity contribution in [3.63, 3.8) is 0 Å². The van der Waals surface area contributed by atoms with Crippen LogP contribution in [0.3, 0.4) is 0 Å². The molecular formula is C38H51N3O. The highest BCUT2D eigenvalue weighted by Gasteiger charge is 2.26. The number of carbonyl (C=O) groups excluding carboxylic acids is 1. The molecule has 0 radical (unpaired) electrons. The number of carbonyl (C=O) groups is 1. The van der Waals surface area contributed by atoms with E-state index in [1.807, 2.05) is 18.3 Å². The topological polar surface area (TPSA) is 69.5 Å². The van der Waals surface area contributed by atoms with Crippen molar-refractivity contribution in [3.05, 3.63) is 76.1 Å². The van der Waals surface area contributed by atoms with Crippen molar-refractivity contribution in [1.82, 2.24) is 9.97 Å². The molecule has 0 bridgehead atoms. The van der Waals surface area contributed by atoms with Gasteiger partial charge in [-0.25, -0.2) is 4.98 Å². The number of ketones is 1. The maximum atomic E-state index is 13.5. The number of aromatic amines is 1. The molecule has 0 spiro atoms. The largest absolute Gasteiger partial charge is 0.342 e. The fourth-order valence-corrected chi connectivity index (χ4v) is 6.62. The van der Waals surface area contributed by atoms with Gasteiger partial charge in [0.25, 0.3) is 0 Å². The molecule has 2 aromatic carbocycles. The molecule has 0 aliphatic heterocycles. The summed E-state index contributed by atoms with van der Waals surface area (Å²) in [7, 11) is 0. The summed E-state index contributed by atoms with van der Waals surface area (Å²) in [5, 5.41) is 9.11. The predicted octanol–water partition coefficient (Wildman–Crippen LogP) is 10.6. The summed E-state index contributed by atoms with van der Waals surface area (Å²) < 4.78 is 0. The van der Waals surface area contributed by atoms with E-state index in [0.717, 1.165) is 78.9 Å². The Balaban J connectivity index is 1.38. The highest BCUT2D eigenvalue weighted by atomic mass is 16.1. The number of imidazole rings is 1. The van der Waals surface area contributed by atoms with E-state index >= 15 is 0 Å². The summed E-state index contributed by atoms with van der Waals surface area (Å²) in [4.78, 5) is 21.9. The van der Waals surface area contributed by atoms with Crippen LogP contribution in [0.4, 0.5) is 0 Å². The molecule has 4 nitrogen and oxygen atoms in total. The predicted molar refractivity (Wildman–Crippen MR) is 174 cm³/mol. The van der Waals surface area contributed by atoms with E-state index in [4.69, 9.17) is 10.2 Å². The van der Waals surface area contributed by atoms with E-state index < -0.39 is 0 Å². The number of nitriles is 1. The van der Waals surface area contributed by atoms with Crippen molar-refractivity contribution in [2.24, 2.45) is 5.92 Å². The number of nitrogens with one attached hydrogen (secondary N) is 1. The average Bonchev–Trinajstić information content (AvgIpc) is 3.45. The fraction of sp³-hybridized carbons (Fsp3) is 0.553. The number of hydrogen-bond donors (Lipinski definition) is 1. The zero-order valence-corrected chi connectivity index (χ0v) is 26.5. The van der Waals surface area contributed by atoms with Gasteiger partial charge in [-0.3, -0.25) is 4.79 Å². The summed E-state index contributed by atoms with van der Waals surface area (Å²) in [6, 6.07) is 14.7. The zero-order chi connectivity index (χ0) is 29.9. The smallest absolute Gasteiger partial charge is 0.163 e. The van der Waals surface area contributed by atoms with Crippen LogP contribution in [0, 0.1) is 24.2 Å². The van der Waals surface area contributed by atoms with E-state index in [1.54, 1.807) is 0 Å². The molecule has 1 saturated carbocycles. The number of unbranched alkanes of at least 4 members (excludes halogenated alkanes) is 2. The van der Waals surface area contributed by atoms with Gasteiger partial charge < -0.3 is 4.98 Å². The Hall–Kier alpha value is -3.19. The number of Topliss-reactive ketones (excluding diaryl/α,β-unsaturated/α-hetero) is 1. The second kappa shape index (κ2) is 15.9. The number of rotatable bonds is 17. The average molecular weight is 566 g/mol. The van der Waals surface area contributed by atoms with Gasteiger partial charge in [-0.05, 0) is 105 Å². The Morgan fingerprint density at radius 2 is 1.79 bits per heavy atom. The number of hydrogen-bond acceptors (Lipinski definition) is 3. The number of aromatic nitrogens is 2. The van der Waals surface area contributed by atoms with E-state index in [0.29, 0.717) is 18.3 Å². The van der Waals surface area contributed by atoms with Crippen molar-refractivity contribution < 1.29 is 4.79 Å². The van der Waals surface area contributed by atoms with Gasteiger partial charge in [-0.2, -0.15) is 5.26 Å². The van der Waals surface area contributed by atoms with Crippen LogP contribution in [0.15, 0.2) is 42.6 Å². The molecule has 0 saturated heterocycles. The Kier molecular flexibility index (Phi) is 12.0. The van der Waals surface area contributed by atoms with E-state index in [-0.39, 0.29) is 5.78 Å². The van der Waals surface area contributed by atoms with Gasteiger partial charge in [0.2, 0.25) is 0 Å². The molecule has 1 aliphatic carbocycles. The van der Waals surface area contributed by atoms with Crippen LogP contribution >= 0.6 is 0 Å². The lowest BCUT2D eigenvalue weighted by Crippen LogP contribution is -2.12. The number of H-pyrrole nitrogens is 1. The molecule has 1 heterocycles. The van der Waals surface area contributed by atoms with Crippen LogP contribution in [0.1, 0.15) is 154 Å². The molecule has 1 unspecified atom stereocenters. The van der Waals surface area contributed by atoms with Gasteiger partial charge in [0.15, 0.2) is 5.78 Å². The van der Waals surface area contributed by atoms with E-state index in [2.05, 4.69) is 63.0 Å². The second-order valence-corrected chi connectivity index (χ2v) is 12.6. The van der Waals surface area contributed by atoms with Crippen molar-refractivity contribution in [3.8, 4) is 17.5 Å². The quantitative estimate of drug-likeness (QED) is 0.131. The molecule has 1 atom stereocenters. The highest BCUT2D eigenvalue weighted by Crippen LogP contribution is 2.42. The van der Waals surface area contributed by atoms with Crippen LogP contribution in [0.2, 0.25) is 0 Å². The monoisotopic (exact) mass is 565 g/mol. The highest BCUT2D eigenvalue weighted by molar-refractivity contribution is 5.98. The lowest BCUT2D eigenvalue weighted by atomic mass is 9.76. The summed E-state index contributed by atoms with van der Waals surface area (Å²) in [5.41, 5.74) is 7.72. The van der Waals surface area contributed by atoms with Crippen molar-refractivity contribution in [2.45, 2.75) is 129 Å². The summed E-state index contributed by atoms with van der Waals surface area (Å²) in [5.74, 6) is 3.05. The minimum Gasteiger partial charge on any atom is -0.342 e. The first kappa shape index (κ1) is 31.7. The molecule has 1 fully saturated rings. The minimum absolute atomic E-state index is 0.256. The van der Waals surface area contributed by atoms with Gasteiger partial charge in [0.05, 0.1) is 11.6 Å². The fourth-order valence-electron chi connectivity index (χ4n) is 6.62. The van der Waals surface area contributed by atoms with Gasteiger partial charge in [0.1, 0.15) is 5.82 Å². The van der Waals surface area contributed by atoms with Gasteiger partial charge in [0, 0.05) is 29.4 Å². The third-order valence-corrected chi connectivity index (χ3v) is 9.71. The van der Waals surface area contributed by atoms with Crippen LogP contribution < -0.4 is 0 Å². The standard InChI is InChI=1S/C38H51N3O/c1-5-12-30(31-20-17-29(25-39)18-21-31)13-9-8-10-16-37(42)34-24-36(35(23-27(34)4)32-14-11-15-32)38-40-26-33(41-38)22-19-28(6-2)7-3/h17-18,20-21,23-24,26,28,30,32H,5-16,19,22H2,1-4H3,(H,40,41). The van der Waals surface area contributed by atoms with Crippen molar-refractivity contribution >= 4 is 5.78 Å². The maximum Gasteiger partial charge on any atom is 0.163 e. The molecule has 1 N–H and O–H groups in total. The van der Waals surface area contributed by atoms with Crippen molar-refractivity contribution in [2.75, 3.05) is 0 Å².